The van der Waals surface area contributed by atoms with E-state index in [0.29, 0.717) is 16.8 Å². The lowest BCUT2D eigenvalue weighted by molar-refractivity contribution is -0.137. The molecule has 0 saturated carbocycles. The van der Waals surface area contributed by atoms with Gasteiger partial charge in [0.1, 0.15) is 5.75 Å². The molecule has 0 bridgehead atoms. The van der Waals surface area contributed by atoms with Crippen LogP contribution < -0.4 is 10.1 Å². The molecule has 9 heteroatoms. The lowest BCUT2D eigenvalue weighted by Gasteiger charge is -2.13. The standard InChI is InChI=1S/C15H13BrF3N3O2/c1-8-5-12(20-13(23)7-16)21-22-14(8)10-4-3-9(15(17,18)19)6-11(10)24-2/h3-6H,7H2,1-2H3,(H,20,21,23). The van der Waals surface area contributed by atoms with Crippen molar-refractivity contribution in [1.29, 1.82) is 0 Å². The van der Waals surface area contributed by atoms with Crippen molar-refractivity contribution in [3.05, 3.63) is 35.4 Å². The average Bonchev–Trinajstić information content (AvgIpc) is 2.53. The number of hydrogen-bond acceptors (Lipinski definition) is 4. The third-order valence-corrected chi connectivity index (χ3v) is 3.67. The summed E-state index contributed by atoms with van der Waals surface area (Å²) >= 11 is 3.01. The van der Waals surface area contributed by atoms with Gasteiger partial charge in [0.2, 0.25) is 5.91 Å². The van der Waals surface area contributed by atoms with Crippen LogP contribution in [0.1, 0.15) is 11.1 Å². The van der Waals surface area contributed by atoms with Crippen LogP contribution in [-0.2, 0) is 11.0 Å². The minimum atomic E-state index is -4.46. The Morgan fingerprint density at radius 2 is 2.00 bits per heavy atom. The van der Waals surface area contributed by atoms with Gasteiger partial charge in [-0.05, 0) is 36.8 Å². The summed E-state index contributed by atoms with van der Waals surface area (Å²) in [5.41, 5.74) is 0.578. The molecular formula is C15H13BrF3N3O2. The number of carbonyl (C=O) groups excluding carboxylic acids is 1. The second-order valence-corrected chi connectivity index (χ2v) is 5.42. The van der Waals surface area contributed by atoms with Crippen LogP contribution in [0, 0.1) is 6.92 Å². The molecule has 0 fully saturated rings. The number of benzene rings is 1. The van der Waals surface area contributed by atoms with Crippen LogP contribution >= 0.6 is 15.9 Å². The van der Waals surface area contributed by atoms with E-state index in [1.165, 1.54) is 13.2 Å². The number of aryl methyl sites for hydroxylation is 1. The normalized spacial score (nSPS) is 11.2. The van der Waals surface area contributed by atoms with Gasteiger partial charge in [0.25, 0.3) is 0 Å². The minimum absolute atomic E-state index is 0.0412. The highest BCUT2D eigenvalue weighted by Gasteiger charge is 2.31. The number of rotatable bonds is 4. The summed E-state index contributed by atoms with van der Waals surface area (Å²) in [5.74, 6) is 0.00890. The molecule has 0 spiro atoms. The van der Waals surface area contributed by atoms with Crippen LogP contribution in [0.25, 0.3) is 11.3 Å². The zero-order valence-electron chi connectivity index (χ0n) is 12.7. The van der Waals surface area contributed by atoms with Gasteiger partial charge < -0.3 is 10.1 Å². The topological polar surface area (TPSA) is 64.1 Å². The molecule has 1 amide bonds. The number of anilines is 1. The molecule has 2 aromatic rings. The van der Waals surface area contributed by atoms with Gasteiger partial charge in [-0.15, -0.1) is 10.2 Å². The number of methoxy groups -OCH3 is 1. The molecule has 24 heavy (non-hydrogen) atoms. The van der Waals surface area contributed by atoms with Gasteiger partial charge in [0.15, 0.2) is 5.82 Å². The predicted molar refractivity (Wildman–Crippen MR) is 86.2 cm³/mol. The molecule has 5 nitrogen and oxygen atoms in total. The Balaban J connectivity index is 2.43. The van der Waals surface area contributed by atoms with Crippen molar-refractivity contribution in [2.24, 2.45) is 0 Å². The van der Waals surface area contributed by atoms with Crippen molar-refractivity contribution in [3.8, 4) is 17.0 Å². The van der Waals surface area contributed by atoms with Crippen molar-refractivity contribution in [3.63, 3.8) is 0 Å². The molecule has 0 aliphatic carbocycles. The number of halogens is 4. The monoisotopic (exact) mass is 403 g/mol. The van der Waals surface area contributed by atoms with Crippen LogP contribution in [0.15, 0.2) is 24.3 Å². The van der Waals surface area contributed by atoms with Gasteiger partial charge in [0, 0.05) is 5.56 Å². The Morgan fingerprint density at radius 3 is 2.54 bits per heavy atom. The first-order valence-electron chi connectivity index (χ1n) is 6.72. The van der Waals surface area contributed by atoms with Gasteiger partial charge in [0.05, 0.1) is 23.7 Å². The molecule has 0 saturated heterocycles. The van der Waals surface area contributed by atoms with E-state index < -0.39 is 11.7 Å². The molecule has 128 valence electrons. The van der Waals surface area contributed by atoms with Gasteiger partial charge in [-0.2, -0.15) is 13.2 Å². The molecule has 0 aliphatic heterocycles. The Bertz CT molecular complexity index is 766. The highest BCUT2D eigenvalue weighted by molar-refractivity contribution is 9.09. The summed E-state index contributed by atoms with van der Waals surface area (Å²) in [7, 11) is 1.28. The average molecular weight is 404 g/mol. The summed E-state index contributed by atoms with van der Waals surface area (Å²) in [6.07, 6.45) is -4.46. The van der Waals surface area contributed by atoms with Crippen LogP contribution in [0.3, 0.4) is 0 Å². The number of nitrogens with zero attached hydrogens (tertiary/aromatic N) is 2. The fraction of sp³-hybridized carbons (Fsp3) is 0.267. The van der Waals surface area contributed by atoms with Crippen molar-refractivity contribution in [2.45, 2.75) is 13.1 Å². The highest BCUT2D eigenvalue weighted by Crippen LogP contribution is 2.37. The molecule has 1 N–H and O–H groups in total. The highest BCUT2D eigenvalue weighted by atomic mass is 79.9. The summed E-state index contributed by atoms with van der Waals surface area (Å²) in [6.45, 7) is 1.71. The molecule has 1 aromatic carbocycles. The second kappa shape index (κ2) is 7.16. The Hall–Kier alpha value is -2.16. The van der Waals surface area contributed by atoms with Crippen LogP contribution in [0.4, 0.5) is 19.0 Å². The molecule has 0 aliphatic rings. The second-order valence-electron chi connectivity index (χ2n) is 4.86. The molecule has 2 rings (SSSR count). The smallest absolute Gasteiger partial charge is 0.416 e. The minimum Gasteiger partial charge on any atom is -0.496 e. The van der Waals surface area contributed by atoms with Crippen molar-refractivity contribution < 1.29 is 22.7 Å². The van der Waals surface area contributed by atoms with E-state index in [0.717, 1.165) is 12.1 Å². The van der Waals surface area contributed by atoms with E-state index in [9.17, 15) is 18.0 Å². The third-order valence-electron chi connectivity index (χ3n) is 3.16. The lowest BCUT2D eigenvalue weighted by atomic mass is 10.0. The summed E-state index contributed by atoms with van der Waals surface area (Å²) in [6, 6.07) is 4.74. The predicted octanol–water partition coefficient (Wildman–Crippen LogP) is 3.81. The number of amides is 1. The largest absolute Gasteiger partial charge is 0.496 e. The number of aromatic nitrogens is 2. The first-order chi connectivity index (χ1) is 11.3. The van der Waals surface area contributed by atoms with Crippen LogP contribution in [-0.4, -0.2) is 28.5 Å². The van der Waals surface area contributed by atoms with Gasteiger partial charge >= 0.3 is 6.18 Å². The number of hydrogen-bond donors (Lipinski definition) is 1. The van der Waals surface area contributed by atoms with E-state index in [1.54, 1.807) is 13.0 Å². The van der Waals surface area contributed by atoms with E-state index in [2.05, 4.69) is 31.4 Å². The van der Waals surface area contributed by atoms with Crippen molar-refractivity contribution in [2.75, 3.05) is 17.8 Å². The molecule has 1 aromatic heterocycles. The molecule has 0 atom stereocenters. The number of nitrogens with one attached hydrogen (secondary N) is 1. The molecule has 0 radical (unpaired) electrons. The van der Waals surface area contributed by atoms with Crippen molar-refractivity contribution >= 4 is 27.7 Å². The maximum atomic E-state index is 12.8. The van der Waals surface area contributed by atoms with Gasteiger partial charge in [-0.25, -0.2) is 0 Å². The quantitative estimate of drug-likeness (QED) is 0.788. The van der Waals surface area contributed by atoms with E-state index in [4.69, 9.17) is 4.74 Å². The van der Waals surface area contributed by atoms with Crippen LogP contribution in [0.2, 0.25) is 0 Å². The van der Waals surface area contributed by atoms with Gasteiger partial charge in [-0.1, -0.05) is 15.9 Å². The SMILES string of the molecule is COc1cc(C(F)(F)F)ccc1-c1nnc(NC(=O)CBr)cc1C. The van der Waals surface area contributed by atoms with E-state index in [1.807, 2.05) is 0 Å². The fourth-order valence-electron chi connectivity index (χ4n) is 2.05. The summed E-state index contributed by atoms with van der Waals surface area (Å²) in [5, 5.41) is 10.5. The zero-order valence-corrected chi connectivity index (χ0v) is 14.3. The Morgan fingerprint density at radius 1 is 1.29 bits per heavy atom. The molecule has 1 heterocycles. The fourth-order valence-corrected chi connectivity index (χ4v) is 2.19. The molecular weight excluding hydrogens is 391 g/mol. The number of alkyl halides is 4. The maximum absolute atomic E-state index is 12.8. The molecule has 0 unspecified atom stereocenters. The van der Waals surface area contributed by atoms with E-state index in [-0.39, 0.29) is 22.8 Å². The van der Waals surface area contributed by atoms with Crippen molar-refractivity contribution in [1.82, 2.24) is 10.2 Å². The maximum Gasteiger partial charge on any atom is 0.416 e. The first kappa shape index (κ1) is 18.2. The Kier molecular flexibility index (Phi) is 5.43. The number of carbonyl (C=O) groups is 1. The van der Waals surface area contributed by atoms with Crippen LogP contribution in [0.5, 0.6) is 5.75 Å². The first-order valence-corrected chi connectivity index (χ1v) is 7.84. The van der Waals surface area contributed by atoms with E-state index >= 15 is 0 Å². The van der Waals surface area contributed by atoms with Gasteiger partial charge in [-0.3, -0.25) is 4.79 Å². The third kappa shape index (κ3) is 4.02. The summed E-state index contributed by atoms with van der Waals surface area (Å²) < 4.78 is 43.5. The summed E-state index contributed by atoms with van der Waals surface area (Å²) in [4.78, 5) is 11.3. The lowest BCUT2D eigenvalue weighted by Crippen LogP contribution is -2.14. The zero-order chi connectivity index (χ0) is 17.9. The number of ether oxygens (including phenoxy) is 1. The Labute approximate surface area is 144 Å².